The molecule has 28 heavy (non-hydrogen) atoms. The minimum Gasteiger partial charge on any atom is -0.292 e. The van der Waals surface area contributed by atoms with E-state index in [9.17, 15) is 14.4 Å². The lowest BCUT2D eigenvalue weighted by molar-refractivity contribution is -0.123. The molecule has 3 saturated heterocycles. The molecule has 5 nitrogen and oxygen atoms in total. The summed E-state index contributed by atoms with van der Waals surface area (Å²) >= 11 is 3.38. The summed E-state index contributed by atoms with van der Waals surface area (Å²) in [6.45, 7) is 0.764. The van der Waals surface area contributed by atoms with Gasteiger partial charge in [0.05, 0.1) is 23.6 Å². The highest BCUT2D eigenvalue weighted by Gasteiger charge is 2.64. The van der Waals surface area contributed by atoms with Crippen molar-refractivity contribution < 1.29 is 14.4 Å². The summed E-state index contributed by atoms with van der Waals surface area (Å²) in [5.41, 5.74) is 1.17. The molecule has 0 N–H and O–H groups in total. The second-order valence-corrected chi connectivity index (χ2v) is 8.58. The van der Waals surface area contributed by atoms with Gasteiger partial charge in [-0.05, 0) is 43.7 Å². The van der Waals surface area contributed by atoms with Gasteiger partial charge in [0.25, 0.3) is 0 Å². The fourth-order valence-corrected chi connectivity index (χ4v) is 5.40. The van der Waals surface area contributed by atoms with Gasteiger partial charge in [-0.15, -0.1) is 0 Å². The molecule has 3 fully saturated rings. The molecule has 142 valence electrons. The lowest BCUT2D eigenvalue weighted by atomic mass is 9.85. The first-order chi connectivity index (χ1) is 13.6. The molecule has 0 bridgehead atoms. The fraction of sp³-hybridized carbons (Fsp3) is 0.318. The van der Waals surface area contributed by atoms with Crippen LogP contribution in [-0.4, -0.2) is 41.1 Å². The summed E-state index contributed by atoms with van der Waals surface area (Å²) in [7, 11) is 0. The number of fused-ring (bicyclic) bond motifs is 3. The van der Waals surface area contributed by atoms with Crippen LogP contribution in [0.25, 0.3) is 0 Å². The van der Waals surface area contributed by atoms with Gasteiger partial charge in [-0.25, -0.2) is 4.90 Å². The number of nitrogens with zero attached hydrogens (tertiary/aromatic N) is 2. The number of imide groups is 1. The second kappa shape index (κ2) is 6.64. The molecule has 0 aliphatic carbocycles. The first-order valence-corrected chi connectivity index (χ1v) is 10.4. The molecule has 3 heterocycles. The molecule has 4 unspecified atom stereocenters. The van der Waals surface area contributed by atoms with Crippen molar-refractivity contribution >= 4 is 39.2 Å². The molecule has 2 amide bonds. The van der Waals surface area contributed by atoms with Crippen LogP contribution < -0.4 is 4.90 Å². The fourth-order valence-electron chi connectivity index (χ4n) is 5.13. The standard InChI is InChI=1S/C22H19BrN2O3/c23-14-8-10-15(11-9-14)25-21(27)17-16-7-4-12-24(16)19(18(17)22(25)28)20(26)13-5-2-1-3-6-13/h1-3,5-6,8-11,16-19H,4,7,12H2. The maximum atomic E-state index is 13.4. The first-order valence-electron chi connectivity index (χ1n) is 9.56. The molecule has 5 rings (SSSR count). The summed E-state index contributed by atoms with van der Waals surface area (Å²) in [6, 6.07) is 15.7. The summed E-state index contributed by atoms with van der Waals surface area (Å²) in [4.78, 5) is 43.4. The lowest BCUT2D eigenvalue weighted by Gasteiger charge is -2.27. The Morgan fingerprint density at radius 1 is 0.929 bits per heavy atom. The van der Waals surface area contributed by atoms with Crippen LogP contribution in [0.5, 0.6) is 0 Å². The monoisotopic (exact) mass is 438 g/mol. The minimum absolute atomic E-state index is 0.0282. The zero-order valence-corrected chi connectivity index (χ0v) is 16.7. The smallest absolute Gasteiger partial charge is 0.239 e. The van der Waals surface area contributed by atoms with Crippen LogP contribution in [0.1, 0.15) is 23.2 Å². The Hall–Kier alpha value is -2.31. The number of amides is 2. The first kappa shape index (κ1) is 17.8. The molecule has 0 spiro atoms. The van der Waals surface area contributed by atoms with Crippen molar-refractivity contribution in [1.82, 2.24) is 4.90 Å². The molecule has 3 aliphatic rings. The van der Waals surface area contributed by atoms with E-state index in [2.05, 4.69) is 20.8 Å². The maximum absolute atomic E-state index is 13.4. The van der Waals surface area contributed by atoms with E-state index in [1.165, 1.54) is 4.90 Å². The Balaban J connectivity index is 1.55. The van der Waals surface area contributed by atoms with Gasteiger partial charge in [0.15, 0.2) is 5.78 Å². The predicted octanol–water partition coefficient (Wildman–Crippen LogP) is 3.28. The minimum atomic E-state index is -0.603. The summed E-state index contributed by atoms with van der Waals surface area (Å²) < 4.78 is 0.884. The molecular weight excluding hydrogens is 420 g/mol. The molecule has 0 aromatic heterocycles. The highest BCUT2D eigenvalue weighted by Crippen LogP contribution is 2.48. The maximum Gasteiger partial charge on any atom is 0.239 e. The van der Waals surface area contributed by atoms with Gasteiger partial charge in [0.2, 0.25) is 11.8 Å². The van der Waals surface area contributed by atoms with Gasteiger partial charge in [-0.2, -0.15) is 0 Å². The van der Waals surface area contributed by atoms with Crippen molar-refractivity contribution in [3.05, 3.63) is 64.6 Å². The molecule has 3 aliphatic heterocycles. The number of hydrogen-bond acceptors (Lipinski definition) is 4. The quantitative estimate of drug-likeness (QED) is 0.544. The van der Waals surface area contributed by atoms with Crippen LogP contribution in [0.15, 0.2) is 59.1 Å². The van der Waals surface area contributed by atoms with Crippen molar-refractivity contribution in [2.75, 3.05) is 11.4 Å². The Morgan fingerprint density at radius 2 is 1.61 bits per heavy atom. The third kappa shape index (κ3) is 2.51. The van der Waals surface area contributed by atoms with Crippen LogP contribution in [-0.2, 0) is 9.59 Å². The van der Waals surface area contributed by atoms with Gasteiger partial charge < -0.3 is 0 Å². The Kier molecular flexibility index (Phi) is 4.21. The van der Waals surface area contributed by atoms with E-state index in [1.807, 2.05) is 30.3 Å². The normalized spacial score (nSPS) is 29.2. The topological polar surface area (TPSA) is 57.7 Å². The number of Topliss-reactive ketones (excluding diaryl/α,β-unsaturated/α-hetero) is 1. The number of ketones is 1. The third-order valence-electron chi connectivity index (χ3n) is 6.26. The number of hydrogen-bond donors (Lipinski definition) is 0. The number of rotatable bonds is 3. The van der Waals surface area contributed by atoms with Gasteiger partial charge in [-0.1, -0.05) is 46.3 Å². The predicted molar refractivity (Wildman–Crippen MR) is 108 cm³/mol. The van der Waals surface area contributed by atoms with Crippen molar-refractivity contribution in [1.29, 1.82) is 0 Å². The van der Waals surface area contributed by atoms with Gasteiger partial charge in [0.1, 0.15) is 0 Å². The van der Waals surface area contributed by atoms with E-state index in [0.717, 1.165) is 23.9 Å². The largest absolute Gasteiger partial charge is 0.292 e. The van der Waals surface area contributed by atoms with Crippen LogP contribution in [0.2, 0.25) is 0 Å². The molecule has 0 radical (unpaired) electrons. The van der Waals surface area contributed by atoms with E-state index < -0.39 is 17.9 Å². The van der Waals surface area contributed by atoms with E-state index in [0.29, 0.717) is 11.3 Å². The average molecular weight is 439 g/mol. The van der Waals surface area contributed by atoms with E-state index >= 15 is 0 Å². The van der Waals surface area contributed by atoms with Crippen LogP contribution in [0.3, 0.4) is 0 Å². The van der Waals surface area contributed by atoms with Gasteiger partial charge in [0, 0.05) is 16.1 Å². The Morgan fingerprint density at radius 3 is 2.32 bits per heavy atom. The van der Waals surface area contributed by atoms with Crippen LogP contribution >= 0.6 is 15.9 Å². The number of halogens is 1. The molecule has 4 atom stereocenters. The summed E-state index contributed by atoms with van der Waals surface area (Å²) in [6.07, 6.45) is 1.80. The molecule has 0 saturated carbocycles. The number of benzene rings is 2. The highest BCUT2D eigenvalue weighted by molar-refractivity contribution is 9.10. The Labute approximate surface area is 171 Å². The lowest BCUT2D eigenvalue weighted by Crippen LogP contribution is -2.46. The van der Waals surface area contributed by atoms with Crippen molar-refractivity contribution in [2.45, 2.75) is 24.9 Å². The Bertz CT molecular complexity index is 960. The van der Waals surface area contributed by atoms with Crippen molar-refractivity contribution in [3.63, 3.8) is 0 Å². The van der Waals surface area contributed by atoms with Crippen molar-refractivity contribution in [3.8, 4) is 0 Å². The van der Waals surface area contributed by atoms with Gasteiger partial charge >= 0.3 is 0 Å². The third-order valence-corrected chi connectivity index (χ3v) is 6.79. The zero-order chi connectivity index (χ0) is 19.4. The van der Waals surface area contributed by atoms with Gasteiger partial charge in [-0.3, -0.25) is 19.3 Å². The van der Waals surface area contributed by atoms with E-state index in [1.54, 1.807) is 24.3 Å². The number of anilines is 1. The summed E-state index contributed by atoms with van der Waals surface area (Å²) in [5, 5.41) is 0. The molecule has 2 aromatic rings. The van der Waals surface area contributed by atoms with Crippen LogP contribution in [0, 0.1) is 11.8 Å². The second-order valence-electron chi connectivity index (χ2n) is 7.66. The summed E-state index contributed by atoms with van der Waals surface area (Å²) in [5.74, 6) is -1.51. The molecule has 6 heteroatoms. The van der Waals surface area contributed by atoms with Crippen LogP contribution in [0.4, 0.5) is 5.69 Å². The highest BCUT2D eigenvalue weighted by atomic mass is 79.9. The zero-order valence-electron chi connectivity index (χ0n) is 15.1. The SMILES string of the molecule is O=C(c1ccccc1)C1C2C(=O)N(c3ccc(Br)cc3)C(=O)C2C2CCCN21. The molecular formula is C22H19BrN2O3. The number of carbonyl (C=O) groups excluding carboxylic acids is 3. The van der Waals surface area contributed by atoms with E-state index in [-0.39, 0.29) is 23.6 Å². The number of carbonyl (C=O) groups is 3. The van der Waals surface area contributed by atoms with E-state index in [4.69, 9.17) is 0 Å². The average Bonchev–Trinajstić information content (AvgIpc) is 3.35. The molecule has 2 aromatic carbocycles. The van der Waals surface area contributed by atoms with Crippen molar-refractivity contribution in [2.24, 2.45) is 11.8 Å².